The molecule has 8 nitrogen and oxygen atoms in total. The fourth-order valence-electron chi connectivity index (χ4n) is 5.67. The smallest absolute Gasteiger partial charge is 0.384 e. The fourth-order valence-corrected chi connectivity index (χ4v) is 5.67. The molecule has 1 saturated carbocycles. The van der Waals surface area contributed by atoms with Gasteiger partial charge in [0, 0.05) is 63.6 Å². The van der Waals surface area contributed by atoms with Crippen LogP contribution in [0.3, 0.4) is 0 Å². The van der Waals surface area contributed by atoms with Gasteiger partial charge in [-0.05, 0) is 37.7 Å². The highest BCUT2D eigenvalue weighted by Gasteiger charge is 2.48. The van der Waals surface area contributed by atoms with Gasteiger partial charge >= 0.3 is 6.18 Å². The van der Waals surface area contributed by atoms with Crippen LogP contribution in [-0.4, -0.2) is 91.4 Å². The standard InChI is InChI=1S/C23H36F3N5O3/c1-16-14-34-12-5-18(16)28-17-3-6-22(13-17,15-33-2)20(32)30-8-10-31(11-9-30)21-27-7-4-19(29-21)23(24,25)26/h4,7,16-18,20,28,32H,3,5-6,8-15H2,1-2H3/t16?,17-,18?,20-,22+/m1/s1. The third-order valence-electron chi connectivity index (χ3n) is 7.59. The van der Waals surface area contributed by atoms with Crippen molar-refractivity contribution < 1.29 is 27.8 Å². The van der Waals surface area contributed by atoms with E-state index >= 15 is 0 Å². The number of hydrogen-bond acceptors (Lipinski definition) is 8. The van der Waals surface area contributed by atoms with E-state index in [1.807, 2.05) is 4.90 Å². The fraction of sp³-hybridized carbons (Fsp3) is 0.826. The molecule has 0 amide bonds. The lowest BCUT2D eigenvalue weighted by molar-refractivity contribution is -0.141. The zero-order chi connectivity index (χ0) is 24.3. The molecule has 2 saturated heterocycles. The quantitative estimate of drug-likeness (QED) is 0.606. The van der Waals surface area contributed by atoms with Crippen molar-refractivity contribution >= 4 is 5.95 Å². The van der Waals surface area contributed by atoms with Crippen LogP contribution in [0, 0.1) is 11.3 Å². The number of aliphatic hydroxyl groups is 1. The first kappa shape index (κ1) is 25.6. The van der Waals surface area contributed by atoms with Crippen molar-refractivity contribution in [2.24, 2.45) is 11.3 Å². The Balaban J connectivity index is 1.36. The number of nitrogens with one attached hydrogen (secondary N) is 1. The van der Waals surface area contributed by atoms with Gasteiger partial charge in [0.2, 0.25) is 5.95 Å². The van der Waals surface area contributed by atoms with Crippen LogP contribution in [0.25, 0.3) is 0 Å². The summed E-state index contributed by atoms with van der Waals surface area (Å²) < 4.78 is 50.2. The molecule has 3 aliphatic rings. The van der Waals surface area contributed by atoms with Crippen LogP contribution >= 0.6 is 0 Å². The molecule has 0 spiro atoms. The maximum absolute atomic E-state index is 13.0. The summed E-state index contributed by atoms with van der Waals surface area (Å²) in [6.45, 7) is 6.15. The van der Waals surface area contributed by atoms with Crippen LogP contribution in [0.5, 0.6) is 0 Å². The van der Waals surface area contributed by atoms with Gasteiger partial charge in [0.15, 0.2) is 0 Å². The van der Waals surface area contributed by atoms with Crippen LogP contribution in [0.4, 0.5) is 19.1 Å². The minimum atomic E-state index is -4.50. The van der Waals surface area contributed by atoms with E-state index in [0.717, 1.165) is 51.2 Å². The first-order valence-corrected chi connectivity index (χ1v) is 12.1. The highest BCUT2D eigenvalue weighted by Crippen LogP contribution is 2.43. The number of halogens is 3. The lowest BCUT2D eigenvalue weighted by Crippen LogP contribution is -2.57. The van der Waals surface area contributed by atoms with Gasteiger partial charge in [-0.1, -0.05) is 6.92 Å². The summed E-state index contributed by atoms with van der Waals surface area (Å²) in [5.41, 5.74) is -1.32. The van der Waals surface area contributed by atoms with Crippen molar-refractivity contribution in [3.8, 4) is 0 Å². The van der Waals surface area contributed by atoms with Gasteiger partial charge in [0.05, 0.1) is 13.2 Å². The Morgan fingerprint density at radius 3 is 2.74 bits per heavy atom. The van der Waals surface area contributed by atoms with Gasteiger partial charge in [0.1, 0.15) is 11.9 Å². The minimum Gasteiger partial charge on any atom is -0.384 e. The SMILES string of the molecule is COC[C@]1([C@@H](O)N2CCN(c3nccc(C(F)(F)F)n3)CC2)CC[C@@H](NC2CCOCC2C)C1. The predicted molar refractivity (Wildman–Crippen MR) is 120 cm³/mol. The van der Waals surface area contributed by atoms with Gasteiger partial charge in [0.25, 0.3) is 0 Å². The number of hydrogen-bond donors (Lipinski definition) is 2. The number of aromatic nitrogens is 2. The Kier molecular flexibility index (Phi) is 7.98. The number of anilines is 1. The molecule has 2 unspecified atom stereocenters. The lowest BCUT2D eigenvalue weighted by atomic mass is 9.83. The van der Waals surface area contributed by atoms with E-state index in [1.54, 1.807) is 12.0 Å². The highest BCUT2D eigenvalue weighted by atomic mass is 19.4. The molecule has 3 heterocycles. The number of rotatable bonds is 7. The van der Waals surface area contributed by atoms with Crippen molar-refractivity contribution in [1.29, 1.82) is 0 Å². The summed E-state index contributed by atoms with van der Waals surface area (Å²) in [6.07, 6.45) is -0.393. The lowest BCUT2D eigenvalue weighted by Gasteiger charge is -2.44. The Labute approximate surface area is 198 Å². The van der Waals surface area contributed by atoms with Crippen LogP contribution in [0.2, 0.25) is 0 Å². The number of alkyl halides is 3. The number of piperazine rings is 1. The molecule has 3 fully saturated rings. The Morgan fingerprint density at radius 1 is 1.29 bits per heavy atom. The van der Waals surface area contributed by atoms with Crippen LogP contribution in [-0.2, 0) is 15.7 Å². The topological polar surface area (TPSA) is 83.0 Å². The highest BCUT2D eigenvalue weighted by molar-refractivity contribution is 5.31. The van der Waals surface area contributed by atoms with Crippen LogP contribution < -0.4 is 10.2 Å². The zero-order valence-corrected chi connectivity index (χ0v) is 19.9. The second-order valence-corrected chi connectivity index (χ2v) is 9.99. The monoisotopic (exact) mass is 487 g/mol. The van der Waals surface area contributed by atoms with E-state index in [-0.39, 0.29) is 11.4 Å². The first-order chi connectivity index (χ1) is 16.2. The van der Waals surface area contributed by atoms with Crippen LogP contribution in [0.1, 0.15) is 38.3 Å². The van der Waals surface area contributed by atoms with Crippen molar-refractivity contribution in [2.75, 3.05) is 58.0 Å². The van der Waals surface area contributed by atoms with E-state index in [1.165, 1.54) is 0 Å². The normalized spacial score (nSPS) is 32.2. The molecule has 2 N–H and O–H groups in total. The molecule has 0 bridgehead atoms. The molecule has 1 aliphatic carbocycles. The van der Waals surface area contributed by atoms with Gasteiger partial charge in [-0.2, -0.15) is 13.2 Å². The summed E-state index contributed by atoms with van der Waals surface area (Å²) in [6, 6.07) is 1.62. The van der Waals surface area contributed by atoms with Crippen LogP contribution in [0.15, 0.2) is 12.3 Å². The largest absolute Gasteiger partial charge is 0.433 e. The van der Waals surface area contributed by atoms with Crippen molar-refractivity contribution in [3.63, 3.8) is 0 Å². The summed E-state index contributed by atoms with van der Waals surface area (Å²) in [4.78, 5) is 11.5. The molecule has 192 valence electrons. The second kappa shape index (κ2) is 10.6. The maximum atomic E-state index is 13.0. The van der Waals surface area contributed by atoms with E-state index in [0.29, 0.717) is 50.8 Å². The summed E-state index contributed by atoms with van der Waals surface area (Å²) in [5.74, 6) is 0.536. The summed E-state index contributed by atoms with van der Waals surface area (Å²) >= 11 is 0. The number of methoxy groups -OCH3 is 1. The molecular weight excluding hydrogens is 451 g/mol. The molecule has 0 aromatic carbocycles. The average molecular weight is 488 g/mol. The third kappa shape index (κ3) is 5.64. The van der Waals surface area contributed by atoms with Gasteiger partial charge in [-0.25, -0.2) is 9.97 Å². The number of aliphatic hydroxyl groups excluding tert-OH is 1. The molecule has 11 heteroatoms. The Hall–Kier alpha value is -1.53. The maximum Gasteiger partial charge on any atom is 0.433 e. The Morgan fingerprint density at radius 2 is 2.06 bits per heavy atom. The van der Waals surface area contributed by atoms with E-state index in [9.17, 15) is 18.3 Å². The number of ether oxygens (including phenoxy) is 2. The zero-order valence-electron chi connectivity index (χ0n) is 19.9. The minimum absolute atomic E-state index is 0.0753. The molecule has 4 rings (SSSR count). The Bertz CT molecular complexity index is 808. The van der Waals surface area contributed by atoms with Crippen molar-refractivity contribution in [2.45, 2.75) is 57.1 Å². The van der Waals surface area contributed by atoms with E-state index < -0.39 is 18.1 Å². The summed E-state index contributed by atoms with van der Waals surface area (Å²) in [7, 11) is 1.67. The van der Waals surface area contributed by atoms with Gasteiger partial charge < -0.3 is 24.8 Å². The predicted octanol–water partition coefficient (Wildman–Crippen LogP) is 2.14. The molecule has 2 aliphatic heterocycles. The third-order valence-corrected chi connectivity index (χ3v) is 7.59. The first-order valence-electron chi connectivity index (χ1n) is 12.1. The molecule has 1 aromatic rings. The van der Waals surface area contributed by atoms with Crippen molar-refractivity contribution in [3.05, 3.63) is 18.0 Å². The molecule has 0 radical (unpaired) electrons. The van der Waals surface area contributed by atoms with E-state index in [4.69, 9.17) is 9.47 Å². The van der Waals surface area contributed by atoms with E-state index in [2.05, 4.69) is 22.2 Å². The molecule has 1 aromatic heterocycles. The van der Waals surface area contributed by atoms with Gasteiger partial charge in [-0.3, -0.25) is 4.90 Å². The number of nitrogens with zero attached hydrogens (tertiary/aromatic N) is 4. The molecular formula is C23H36F3N5O3. The second-order valence-electron chi connectivity index (χ2n) is 9.99. The summed E-state index contributed by atoms with van der Waals surface area (Å²) in [5, 5.41) is 15.2. The molecule has 34 heavy (non-hydrogen) atoms. The van der Waals surface area contributed by atoms with Gasteiger partial charge in [-0.15, -0.1) is 0 Å². The van der Waals surface area contributed by atoms with Crippen molar-refractivity contribution in [1.82, 2.24) is 20.2 Å². The molecule has 5 atom stereocenters. The average Bonchev–Trinajstić information content (AvgIpc) is 3.23.